The van der Waals surface area contributed by atoms with Gasteiger partial charge < -0.3 is 4.57 Å². The largest absolute Gasteiger partial charge is 0.305 e. The second kappa shape index (κ2) is 9.49. The van der Waals surface area contributed by atoms with E-state index in [1.807, 2.05) is 16.7 Å². The number of carbonyl (C=O) groups is 1. The maximum absolute atomic E-state index is 13.3. The number of fused-ring (bicyclic) bond motifs is 1. The smallest absolute Gasteiger partial charge is 0.266 e. The average Bonchev–Trinajstić information content (AvgIpc) is 3.37. The number of sulfonamides is 1. The first-order chi connectivity index (χ1) is 15.3. The van der Waals surface area contributed by atoms with Crippen LogP contribution < -0.4 is 4.80 Å². The SMILES string of the molecule is C#CCn1c(=NC(=O)C2CCCCN2S(=O)(=O)c2ccc(Cl)s2)sc2cc(CC)ccc21. The van der Waals surface area contributed by atoms with Gasteiger partial charge in [0.25, 0.3) is 15.9 Å². The maximum atomic E-state index is 13.3. The monoisotopic (exact) mass is 507 g/mol. The molecule has 6 nitrogen and oxygen atoms in total. The highest BCUT2D eigenvalue weighted by Gasteiger charge is 2.38. The molecule has 1 aliphatic heterocycles. The van der Waals surface area contributed by atoms with Gasteiger partial charge >= 0.3 is 0 Å². The van der Waals surface area contributed by atoms with Crippen molar-refractivity contribution in [2.75, 3.05) is 6.54 Å². The Hall–Kier alpha value is -1.96. The molecule has 0 aliphatic carbocycles. The molecule has 1 saturated heterocycles. The van der Waals surface area contributed by atoms with E-state index in [1.165, 1.54) is 27.3 Å². The van der Waals surface area contributed by atoms with Crippen molar-refractivity contribution in [1.29, 1.82) is 0 Å². The summed E-state index contributed by atoms with van der Waals surface area (Å²) < 4.78 is 31.0. The van der Waals surface area contributed by atoms with Crippen LogP contribution in [0.5, 0.6) is 0 Å². The molecule has 1 aromatic carbocycles. The standard InChI is InChI=1S/C22H22ClN3O3S3/c1-3-12-25-16-9-8-15(4-2)14-18(16)30-22(25)24-21(27)17-7-5-6-13-26(17)32(28,29)20-11-10-19(23)31-20/h1,8-11,14,17H,4-7,12-13H2,2H3. The van der Waals surface area contributed by atoms with Gasteiger partial charge in [0, 0.05) is 6.54 Å². The number of aromatic nitrogens is 1. The zero-order valence-corrected chi connectivity index (χ0v) is 20.7. The van der Waals surface area contributed by atoms with Gasteiger partial charge in [-0.2, -0.15) is 9.30 Å². The van der Waals surface area contributed by atoms with Crippen LogP contribution in [-0.2, 0) is 27.8 Å². The summed E-state index contributed by atoms with van der Waals surface area (Å²) in [4.78, 5) is 18.1. The lowest BCUT2D eigenvalue weighted by Crippen LogP contribution is -2.47. The van der Waals surface area contributed by atoms with Crippen molar-refractivity contribution < 1.29 is 13.2 Å². The minimum Gasteiger partial charge on any atom is -0.305 e. The van der Waals surface area contributed by atoms with E-state index in [-0.39, 0.29) is 17.3 Å². The Balaban J connectivity index is 1.75. The number of thiophene rings is 1. The second-order valence-corrected chi connectivity index (χ2v) is 12.3. The van der Waals surface area contributed by atoms with E-state index >= 15 is 0 Å². The molecule has 1 amide bonds. The van der Waals surface area contributed by atoms with E-state index in [0.717, 1.165) is 34.4 Å². The van der Waals surface area contributed by atoms with Crippen molar-refractivity contribution >= 4 is 60.4 Å². The second-order valence-electron chi connectivity index (χ2n) is 7.47. The van der Waals surface area contributed by atoms with Crippen LogP contribution in [0.25, 0.3) is 10.2 Å². The van der Waals surface area contributed by atoms with Crippen molar-refractivity contribution in [3.8, 4) is 12.3 Å². The molecule has 4 rings (SSSR count). The summed E-state index contributed by atoms with van der Waals surface area (Å²) in [6, 6.07) is 8.29. The summed E-state index contributed by atoms with van der Waals surface area (Å²) in [5.74, 6) is 2.15. The number of benzene rings is 1. The molecule has 168 valence electrons. The highest BCUT2D eigenvalue weighted by atomic mass is 35.5. The number of piperidine rings is 1. The Morgan fingerprint density at radius 3 is 2.78 bits per heavy atom. The number of terminal acetylenes is 1. The Morgan fingerprint density at radius 1 is 1.28 bits per heavy atom. The van der Waals surface area contributed by atoms with Gasteiger partial charge in [-0.3, -0.25) is 4.79 Å². The molecule has 0 spiro atoms. The first-order valence-electron chi connectivity index (χ1n) is 10.3. The number of halogens is 1. The predicted molar refractivity (Wildman–Crippen MR) is 129 cm³/mol. The fourth-order valence-corrected chi connectivity index (χ4v) is 8.19. The van der Waals surface area contributed by atoms with Crippen LogP contribution in [0, 0.1) is 12.3 Å². The van der Waals surface area contributed by atoms with E-state index < -0.39 is 22.0 Å². The van der Waals surface area contributed by atoms with Crippen LogP contribution >= 0.6 is 34.3 Å². The number of aryl methyl sites for hydroxylation is 1. The number of nitrogens with zero attached hydrogens (tertiary/aromatic N) is 3. The van der Waals surface area contributed by atoms with Crippen molar-refractivity contribution in [3.05, 3.63) is 45.0 Å². The third-order valence-electron chi connectivity index (χ3n) is 5.46. The molecule has 32 heavy (non-hydrogen) atoms. The van der Waals surface area contributed by atoms with Crippen LogP contribution in [0.2, 0.25) is 4.34 Å². The molecule has 1 fully saturated rings. The molecular weight excluding hydrogens is 486 g/mol. The molecule has 3 aromatic rings. The molecule has 0 bridgehead atoms. The molecule has 1 unspecified atom stereocenters. The minimum absolute atomic E-state index is 0.138. The van der Waals surface area contributed by atoms with Crippen molar-refractivity contribution in [2.45, 2.75) is 49.4 Å². The molecule has 0 saturated carbocycles. The van der Waals surface area contributed by atoms with E-state index in [9.17, 15) is 13.2 Å². The first kappa shape index (κ1) is 23.2. The fourth-order valence-electron chi connectivity index (χ4n) is 3.83. The fraction of sp³-hybridized carbons (Fsp3) is 0.364. The molecule has 1 aliphatic rings. The third kappa shape index (κ3) is 4.43. The van der Waals surface area contributed by atoms with Crippen molar-refractivity contribution in [2.24, 2.45) is 4.99 Å². The summed E-state index contributed by atoms with van der Waals surface area (Å²) in [6.07, 6.45) is 8.35. The minimum atomic E-state index is -3.83. The average molecular weight is 508 g/mol. The molecule has 0 N–H and O–H groups in total. The summed E-state index contributed by atoms with van der Waals surface area (Å²) in [5, 5.41) is 0. The number of amides is 1. The normalized spacial score (nSPS) is 18.2. The Morgan fingerprint density at radius 2 is 2.09 bits per heavy atom. The zero-order chi connectivity index (χ0) is 22.9. The van der Waals surface area contributed by atoms with Crippen LogP contribution in [-0.4, -0.2) is 35.8 Å². The highest BCUT2D eigenvalue weighted by molar-refractivity contribution is 7.91. The number of hydrogen-bond donors (Lipinski definition) is 0. The number of thiazole rings is 1. The maximum Gasteiger partial charge on any atom is 0.266 e. The quantitative estimate of drug-likeness (QED) is 0.484. The third-order valence-corrected chi connectivity index (χ3v) is 10.1. The van der Waals surface area contributed by atoms with E-state index in [0.29, 0.717) is 22.0 Å². The molecule has 0 radical (unpaired) electrons. The lowest BCUT2D eigenvalue weighted by atomic mass is 10.0. The van der Waals surface area contributed by atoms with Crippen LogP contribution in [0.3, 0.4) is 0 Å². The summed E-state index contributed by atoms with van der Waals surface area (Å²) in [6.45, 7) is 2.64. The van der Waals surface area contributed by atoms with E-state index in [2.05, 4.69) is 23.9 Å². The van der Waals surface area contributed by atoms with Gasteiger partial charge in [0.1, 0.15) is 10.3 Å². The summed E-state index contributed by atoms with van der Waals surface area (Å²) in [7, 11) is -3.83. The molecule has 2 aromatic heterocycles. The lowest BCUT2D eigenvalue weighted by Gasteiger charge is -2.31. The van der Waals surface area contributed by atoms with E-state index in [4.69, 9.17) is 18.0 Å². The van der Waals surface area contributed by atoms with Gasteiger partial charge in [0.15, 0.2) is 4.80 Å². The van der Waals surface area contributed by atoms with Gasteiger partial charge in [-0.25, -0.2) is 8.42 Å². The number of hydrogen-bond acceptors (Lipinski definition) is 5. The van der Waals surface area contributed by atoms with Gasteiger partial charge in [-0.15, -0.1) is 17.8 Å². The molecule has 1 atom stereocenters. The van der Waals surface area contributed by atoms with Gasteiger partial charge in [-0.05, 0) is 49.1 Å². The lowest BCUT2D eigenvalue weighted by molar-refractivity contribution is -0.122. The Bertz CT molecular complexity index is 1380. The van der Waals surface area contributed by atoms with Crippen LogP contribution in [0.1, 0.15) is 31.7 Å². The molecular formula is C22H22ClN3O3S3. The predicted octanol–water partition coefficient (Wildman–Crippen LogP) is 4.28. The Kier molecular flexibility index (Phi) is 6.89. The van der Waals surface area contributed by atoms with Gasteiger partial charge in [0.2, 0.25) is 0 Å². The van der Waals surface area contributed by atoms with Crippen LogP contribution in [0.15, 0.2) is 39.5 Å². The molecule has 3 heterocycles. The molecule has 10 heteroatoms. The number of carbonyl (C=O) groups excluding carboxylic acids is 1. The Labute approximate surface area is 200 Å². The first-order valence-corrected chi connectivity index (χ1v) is 13.7. The van der Waals surface area contributed by atoms with E-state index in [1.54, 1.807) is 6.07 Å². The van der Waals surface area contributed by atoms with Gasteiger partial charge in [-0.1, -0.05) is 48.3 Å². The topological polar surface area (TPSA) is 71.7 Å². The summed E-state index contributed by atoms with van der Waals surface area (Å²) in [5.41, 5.74) is 2.10. The van der Waals surface area contributed by atoms with Crippen molar-refractivity contribution in [1.82, 2.24) is 8.87 Å². The van der Waals surface area contributed by atoms with Crippen LogP contribution in [0.4, 0.5) is 0 Å². The summed E-state index contributed by atoms with van der Waals surface area (Å²) >= 11 is 8.33. The van der Waals surface area contributed by atoms with Crippen molar-refractivity contribution in [3.63, 3.8) is 0 Å². The van der Waals surface area contributed by atoms with Gasteiger partial charge in [0.05, 0.1) is 21.1 Å². The zero-order valence-electron chi connectivity index (χ0n) is 17.5. The highest BCUT2D eigenvalue weighted by Crippen LogP contribution is 2.32. The number of rotatable bonds is 5.